The van der Waals surface area contributed by atoms with E-state index in [9.17, 15) is 9.59 Å². The Kier molecular flexibility index (Phi) is 4.24. The van der Waals surface area contributed by atoms with E-state index in [4.69, 9.17) is 10.5 Å². The average molecular weight is 277 g/mol. The molecule has 20 heavy (non-hydrogen) atoms. The zero-order valence-electron chi connectivity index (χ0n) is 11.7. The standard InChI is InChI=1S/C14H19N3O3/c1-9(18)11-4-3-10(7-12(11)15)17-5-6-20-8-13(17)14(19)16-2/h3-4,7,13H,5-6,8,15H2,1-2H3,(H,16,19). The number of anilines is 2. The second-order valence-corrected chi connectivity index (χ2v) is 4.73. The van der Waals surface area contributed by atoms with Crippen LogP contribution in [0.15, 0.2) is 18.2 Å². The van der Waals surface area contributed by atoms with Gasteiger partial charge in [0.1, 0.15) is 6.04 Å². The number of nitrogen functional groups attached to an aromatic ring is 1. The van der Waals surface area contributed by atoms with Crippen molar-refractivity contribution in [1.29, 1.82) is 0 Å². The van der Waals surface area contributed by atoms with Crippen LogP contribution >= 0.6 is 0 Å². The van der Waals surface area contributed by atoms with Crippen LogP contribution in [0.1, 0.15) is 17.3 Å². The van der Waals surface area contributed by atoms with Crippen LogP contribution in [0.5, 0.6) is 0 Å². The SMILES string of the molecule is CNC(=O)C1COCCN1c1ccc(C(C)=O)c(N)c1. The Morgan fingerprint density at radius 3 is 2.80 bits per heavy atom. The number of likely N-dealkylation sites (N-methyl/N-ethyl adjacent to an activating group) is 1. The highest BCUT2D eigenvalue weighted by Gasteiger charge is 2.29. The topological polar surface area (TPSA) is 84.7 Å². The molecule has 0 aromatic heterocycles. The molecule has 1 heterocycles. The van der Waals surface area contributed by atoms with Gasteiger partial charge in [0.05, 0.1) is 13.2 Å². The second-order valence-electron chi connectivity index (χ2n) is 4.73. The number of ether oxygens (including phenoxy) is 1. The summed E-state index contributed by atoms with van der Waals surface area (Å²) in [5.74, 6) is -0.169. The molecule has 1 atom stereocenters. The molecule has 1 aromatic rings. The van der Waals surface area contributed by atoms with E-state index in [1.165, 1.54) is 6.92 Å². The van der Waals surface area contributed by atoms with Crippen LogP contribution in [0.2, 0.25) is 0 Å². The van der Waals surface area contributed by atoms with E-state index in [1.807, 2.05) is 11.0 Å². The van der Waals surface area contributed by atoms with Crippen molar-refractivity contribution >= 4 is 23.1 Å². The van der Waals surface area contributed by atoms with Crippen molar-refractivity contribution in [2.24, 2.45) is 0 Å². The van der Waals surface area contributed by atoms with Gasteiger partial charge in [-0.05, 0) is 25.1 Å². The molecular formula is C14H19N3O3. The quantitative estimate of drug-likeness (QED) is 0.618. The summed E-state index contributed by atoms with van der Waals surface area (Å²) in [7, 11) is 1.60. The number of hydrogen-bond donors (Lipinski definition) is 2. The number of benzene rings is 1. The fourth-order valence-electron chi connectivity index (χ4n) is 2.35. The second kappa shape index (κ2) is 5.92. The van der Waals surface area contributed by atoms with Gasteiger partial charge in [0, 0.05) is 30.5 Å². The summed E-state index contributed by atoms with van der Waals surface area (Å²) in [6, 6.07) is 4.87. The third-order valence-electron chi connectivity index (χ3n) is 3.42. The Balaban J connectivity index is 2.31. The first-order valence-corrected chi connectivity index (χ1v) is 6.51. The van der Waals surface area contributed by atoms with Gasteiger partial charge in [0.15, 0.2) is 5.78 Å². The number of nitrogens with two attached hydrogens (primary N) is 1. The zero-order valence-corrected chi connectivity index (χ0v) is 11.7. The maximum atomic E-state index is 11.9. The highest BCUT2D eigenvalue weighted by atomic mass is 16.5. The number of morpholine rings is 1. The van der Waals surface area contributed by atoms with Gasteiger partial charge in [-0.3, -0.25) is 9.59 Å². The van der Waals surface area contributed by atoms with Crippen molar-refractivity contribution in [2.45, 2.75) is 13.0 Å². The molecule has 1 saturated heterocycles. The highest BCUT2D eigenvalue weighted by Crippen LogP contribution is 2.25. The Labute approximate surface area is 117 Å². The molecule has 1 fully saturated rings. The van der Waals surface area contributed by atoms with Crippen LogP contribution in [0.25, 0.3) is 0 Å². The van der Waals surface area contributed by atoms with Crippen LogP contribution < -0.4 is 16.0 Å². The molecule has 1 unspecified atom stereocenters. The predicted molar refractivity (Wildman–Crippen MR) is 76.9 cm³/mol. The lowest BCUT2D eigenvalue weighted by Crippen LogP contribution is -2.53. The molecule has 0 aliphatic carbocycles. The summed E-state index contributed by atoms with van der Waals surface area (Å²) < 4.78 is 5.36. The molecule has 1 aliphatic heterocycles. The molecule has 2 rings (SSSR count). The number of Topliss-reactive ketones (excluding diaryl/α,β-unsaturated/α-hetero) is 1. The van der Waals surface area contributed by atoms with E-state index in [1.54, 1.807) is 19.2 Å². The molecule has 0 spiro atoms. The minimum atomic E-state index is -0.378. The minimum Gasteiger partial charge on any atom is -0.398 e. The van der Waals surface area contributed by atoms with Crippen molar-refractivity contribution < 1.29 is 14.3 Å². The van der Waals surface area contributed by atoms with Gasteiger partial charge >= 0.3 is 0 Å². The first kappa shape index (κ1) is 14.3. The number of carbonyl (C=O) groups excluding carboxylic acids is 2. The first-order valence-electron chi connectivity index (χ1n) is 6.51. The molecular weight excluding hydrogens is 258 g/mol. The molecule has 3 N–H and O–H groups in total. The van der Waals surface area contributed by atoms with Gasteiger partial charge in [0.25, 0.3) is 0 Å². The fraction of sp³-hybridized carbons (Fsp3) is 0.429. The predicted octanol–water partition coefficient (Wildman–Crippen LogP) is 0.423. The third kappa shape index (κ3) is 2.75. The number of ketones is 1. The van der Waals surface area contributed by atoms with Gasteiger partial charge in [-0.2, -0.15) is 0 Å². The monoisotopic (exact) mass is 277 g/mol. The number of hydrogen-bond acceptors (Lipinski definition) is 5. The van der Waals surface area contributed by atoms with E-state index in [0.29, 0.717) is 31.0 Å². The number of nitrogens with zero attached hydrogens (tertiary/aromatic N) is 1. The highest BCUT2D eigenvalue weighted by molar-refractivity contribution is 5.99. The average Bonchev–Trinajstić information content (AvgIpc) is 2.46. The molecule has 0 radical (unpaired) electrons. The van der Waals surface area contributed by atoms with Crippen LogP contribution in [-0.2, 0) is 9.53 Å². The van der Waals surface area contributed by atoms with E-state index in [-0.39, 0.29) is 17.7 Å². The lowest BCUT2D eigenvalue weighted by Gasteiger charge is -2.36. The number of rotatable bonds is 3. The molecule has 0 bridgehead atoms. The zero-order chi connectivity index (χ0) is 14.7. The van der Waals surface area contributed by atoms with Crippen LogP contribution in [0.3, 0.4) is 0 Å². The van der Waals surface area contributed by atoms with Crippen LogP contribution in [-0.4, -0.2) is 44.5 Å². The Morgan fingerprint density at radius 1 is 1.45 bits per heavy atom. The molecule has 6 nitrogen and oxygen atoms in total. The number of carbonyl (C=O) groups is 2. The van der Waals surface area contributed by atoms with Crippen molar-refractivity contribution in [1.82, 2.24) is 5.32 Å². The summed E-state index contributed by atoms with van der Waals surface area (Å²) in [4.78, 5) is 25.2. The number of amides is 1. The Bertz CT molecular complexity index is 530. The summed E-state index contributed by atoms with van der Waals surface area (Å²) in [6.45, 7) is 2.99. The maximum absolute atomic E-state index is 11.9. The smallest absolute Gasteiger partial charge is 0.244 e. The maximum Gasteiger partial charge on any atom is 0.244 e. The lowest BCUT2D eigenvalue weighted by atomic mass is 10.1. The Hall–Kier alpha value is -2.08. The van der Waals surface area contributed by atoms with Gasteiger partial charge < -0.3 is 20.7 Å². The van der Waals surface area contributed by atoms with Crippen LogP contribution in [0.4, 0.5) is 11.4 Å². The van der Waals surface area contributed by atoms with E-state index in [2.05, 4.69) is 5.32 Å². The summed E-state index contributed by atoms with van der Waals surface area (Å²) >= 11 is 0. The van der Waals surface area contributed by atoms with Gasteiger partial charge in [-0.25, -0.2) is 0 Å². The minimum absolute atomic E-state index is 0.0705. The fourth-order valence-corrected chi connectivity index (χ4v) is 2.35. The van der Waals surface area contributed by atoms with Gasteiger partial charge in [0.2, 0.25) is 5.91 Å². The largest absolute Gasteiger partial charge is 0.398 e. The van der Waals surface area contributed by atoms with Gasteiger partial charge in [-0.15, -0.1) is 0 Å². The van der Waals surface area contributed by atoms with Crippen molar-refractivity contribution in [2.75, 3.05) is 37.4 Å². The molecule has 108 valence electrons. The van der Waals surface area contributed by atoms with Crippen molar-refractivity contribution in [3.8, 4) is 0 Å². The molecule has 1 aromatic carbocycles. The summed E-state index contributed by atoms with van der Waals surface area (Å²) in [5, 5.41) is 2.63. The van der Waals surface area contributed by atoms with E-state index in [0.717, 1.165) is 5.69 Å². The van der Waals surface area contributed by atoms with Crippen molar-refractivity contribution in [3.05, 3.63) is 23.8 Å². The number of nitrogens with one attached hydrogen (secondary N) is 1. The van der Waals surface area contributed by atoms with Gasteiger partial charge in [-0.1, -0.05) is 0 Å². The lowest BCUT2D eigenvalue weighted by molar-refractivity contribution is -0.124. The van der Waals surface area contributed by atoms with Crippen LogP contribution in [0, 0.1) is 0 Å². The normalized spacial score (nSPS) is 18.7. The third-order valence-corrected chi connectivity index (χ3v) is 3.42. The Morgan fingerprint density at radius 2 is 2.20 bits per heavy atom. The van der Waals surface area contributed by atoms with Crippen molar-refractivity contribution in [3.63, 3.8) is 0 Å². The molecule has 1 aliphatic rings. The van der Waals surface area contributed by atoms with E-state index < -0.39 is 0 Å². The summed E-state index contributed by atoms with van der Waals surface area (Å²) in [5.41, 5.74) is 7.65. The molecule has 1 amide bonds. The van der Waals surface area contributed by atoms with E-state index >= 15 is 0 Å². The first-order chi connectivity index (χ1) is 9.54. The molecule has 6 heteroatoms. The molecule has 0 saturated carbocycles. The summed E-state index contributed by atoms with van der Waals surface area (Å²) in [6.07, 6.45) is 0.